The Labute approximate surface area is 117 Å². The number of rotatable bonds is 3. The third kappa shape index (κ3) is 2.59. The van der Waals surface area contributed by atoms with Crippen molar-refractivity contribution >= 4 is 22.6 Å². The molecule has 2 atom stereocenters. The second-order valence-electron chi connectivity index (χ2n) is 5.42. The minimum atomic E-state index is -0.670. The maximum absolute atomic E-state index is 11.1. The van der Waals surface area contributed by atoms with Gasteiger partial charge in [-0.15, -0.1) is 0 Å². The summed E-state index contributed by atoms with van der Waals surface area (Å²) in [6.07, 6.45) is 5.28. The topological polar surface area (TPSA) is 62.2 Å². The fraction of sp³-hybridized carbons (Fsp3) is 0.375. The molecule has 0 radical (unpaired) electrons. The van der Waals surface area contributed by atoms with Crippen molar-refractivity contribution in [3.05, 3.63) is 36.5 Å². The Kier molecular flexibility index (Phi) is 3.54. The van der Waals surface area contributed by atoms with Gasteiger partial charge in [-0.1, -0.05) is 12.5 Å². The highest BCUT2D eigenvalue weighted by Gasteiger charge is 2.26. The molecule has 1 heterocycles. The van der Waals surface area contributed by atoms with Gasteiger partial charge in [0, 0.05) is 23.3 Å². The van der Waals surface area contributed by atoms with E-state index in [4.69, 9.17) is 5.11 Å². The summed E-state index contributed by atoms with van der Waals surface area (Å²) in [6.45, 7) is 0. The van der Waals surface area contributed by atoms with E-state index in [1.54, 1.807) is 6.20 Å². The predicted octanol–water partition coefficient (Wildman–Crippen LogP) is 3.29. The van der Waals surface area contributed by atoms with Crippen molar-refractivity contribution in [1.82, 2.24) is 4.98 Å². The summed E-state index contributed by atoms with van der Waals surface area (Å²) in [5.41, 5.74) is 2.01. The van der Waals surface area contributed by atoms with Crippen LogP contribution in [0.4, 0.5) is 5.69 Å². The maximum atomic E-state index is 11.1. The summed E-state index contributed by atoms with van der Waals surface area (Å²) in [6, 6.07) is 10.2. The van der Waals surface area contributed by atoms with E-state index in [2.05, 4.69) is 10.3 Å². The molecule has 3 rings (SSSR count). The molecule has 4 nitrogen and oxygen atoms in total. The summed E-state index contributed by atoms with van der Waals surface area (Å²) >= 11 is 0. The Morgan fingerprint density at radius 1 is 1.25 bits per heavy atom. The predicted molar refractivity (Wildman–Crippen MR) is 78.7 cm³/mol. The van der Waals surface area contributed by atoms with Crippen LogP contribution >= 0.6 is 0 Å². The molecule has 1 aromatic heterocycles. The molecule has 1 aromatic carbocycles. The van der Waals surface area contributed by atoms with Crippen LogP contribution in [-0.4, -0.2) is 22.1 Å². The van der Waals surface area contributed by atoms with Gasteiger partial charge in [-0.05, 0) is 43.5 Å². The first kappa shape index (κ1) is 12.9. The monoisotopic (exact) mass is 270 g/mol. The smallest absolute Gasteiger partial charge is 0.306 e. The van der Waals surface area contributed by atoms with E-state index in [-0.39, 0.29) is 12.0 Å². The number of carboxylic acids is 1. The zero-order valence-corrected chi connectivity index (χ0v) is 11.2. The number of nitrogens with zero attached hydrogens (tertiary/aromatic N) is 1. The van der Waals surface area contributed by atoms with Crippen molar-refractivity contribution in [3.63, 3.8) is 0 Å². The molecule has 1 saturated carbocycles. The van der Waals surface area contributed by atoms with Crippen molar-refractivity contribution < 1.29 is 9.90 Å². The van der Waals surface area contributed by atoms with Gasteiger partial charge in [0.15, 0.2) is 0 Å². The van der Waals surface area contributed by atoms with Gasteiger partial charge in [0.1, 0.15) is 0 Å². The van der Waals surface area contributed by atoms with Crippen molar-refractivity contribution in [3.8, 4) is 0 Å². The quantitative estimate of drug-likeness (QED) is 0.898. The fourth-order valence-electron chi connectivity index (χ4n) is 2.99. The van der Waals surface area contributed by atoms with Crippen molar-refractivity contribution in [2.45, 2.75) is 31.7 Å². The van der Waals surface area contributed by atoms with Crippen LogP contribution in [-0.2, 0) is 4.79 Å². The highest BCUT2D eigenvalue weighted by molar-refractivity contribution is 5.91. The van der Waals surface area contributed by atoms with Crippen LogP contribution < -0.4 is 5.32 Å². The molecule has 4 heteroatoms. The fourth-order valence-corrected chi connectivity index (χ4v) is 2.99. The number of pyridine rings is 1. The molecule has 104 valence electrons. The first-order valence-electron chi connectivity index (χ1n) is 7.07. The zero-order chi connectivity index (χ0) is 13.9. The number of fused-ring (bicyclic) bond motifs is 1. The second-order valence-corrected chi connectivity index (χ2v) is 5.42. The van der Waals surface area contributed by atoms with Gasteiger partial charge in [-0.2, -0.15) is 0 Å². The standard InChI is InChI=1S/C16H18N2O2/c19-16(20)11-4-1-5-12(10-11)18-15-8-2-7-14-13(15)6-3-9-17-14/h2-3,6-9,11-12,18H,1,4-5,10H2,(H,19,20). The summed E-state index contributed by atoms with van der Waals surface area (Å²) in [5, 5.41) is 13.8. The van der Waals surface area contributed by atoms with E-state index in [1.165, 1.54) is 0 Å². The van der Waals surface area contributed by atoms with Gasteiger partial charge in [-0.3, -0.25) is 9.78 Å². The molecule has 2 unspecified atom stereocenters. The summed E-state index contributed by atoms with van der Waals surface area (Å²) in [4.78, 5) is 15.5. The van der Waals surface area contributed by atoms with Crippen LogP contribution in [0.2, 0.25) is 0 Å². The molecule has 0 bridgehead atoms. The van der Waals surface area contributed by atoms with Gasteiger partial charge in [-0.25, -0.2) is 0 Å². The zero-order valence-electron chi connectivity index (χ0n) is 11.2. The Morgan fingerprint density at radius 3 is 3.00 bits per heavy atom. The lowest BCUT2D eigenvalue weighted by molar-refractivity contribution is -0.142. The molecule has 0 amide bonds. The third-order valence-electron chi connectivity index (χ3n) is 4.03. The van der Waals surface area contributed by atoms with E-state index in [1.807, 2.05) is 30.3 Å². The van der Waals surface area contributed by atoms with Gasteiger partial charge in [0.05, 0.1) is 11.4 Å². The number of nitrogens with one attached hydrogen (secondary N) is 1. The highest BCUT2D eigenvalue weighted by Crippen LogP contribution is 2.29. The molecule has 0 saturated heterocycles. The van der Waals surface area contributed by atoms with Crippen LogP contribution in [0.15, 0.2) is 36.5 Å². The number of hydrogen-bond acceptors (Lipinski definition) is 3. The third-order valence-corrected chi connectivity index (χ3v) is 4.03. The van der Waals surface area contributed by atoms with E-state index in [9.17, 15) is 4.79 Å². The first-order valence-corrected chi connectivity index (χ1v) is 7.07. The Morgan fingerprint density at radius 2 is 2.15 bits per heavy atom. The lowest BCUT2D eigenvalue weighted by Gasteiger charge is -2.28. The summed E-state index contributed by atoms with van der Waals surface area (Å²) in [5.74, 6) is -0.884. The van der Waals surface area contributed by atoms with E-state index in [0.717, 1.165) is 35.9 Å². The van der Waals surface area contributed by atoms with E-state index >= 15 is 0 Å². The SMILES string of the molecule is O=C(O)C1CCCC(Nc2cccc3ncccc23)C1. The van der Waals surface area contributed by atoms with Crippen LogP contribution in [0.1, 0.15) is 25.7 Å². The molecular formula is C16H18N2O2. The minimum Gasteiger partial charge on any atom is -0.481 e. The van der Waals surface area contributed by atoms with Crippen LogP contribution in [0.3, 0.4) is 0 Å². The largest absolute Gasteiger partial charge is 0.481 e. The number of anilines is 1. The normalized spacial score (nSPS) is 22.6. The number of carbonyl (C=O) groups is 1. The van der Waals surface area contributed by atoms with E-state index in [0.29, 0.717) is 6.42 Å². The van der Waals surface area contributed by atoms with Crippen molar-refractivity contribution in [2.75, 3.05) is 5.32 Å². The second kappa shape index (κ2) is 5.49. The molecular weight excluding hydrogens is 252 g/mol. The van der Waals surface area contributed by atoms with Crippen LogP contribution in [0.5, 0.6) is 0 Å². The number of carboxylic acid groups (broad SMARTS) is 1. The highest BCUT2D eigenvalue weighted by atomic mass is 16.4. The molecule has 0 spiro atoms. The molecule has 1 aliphatic rings. The van der Waals surface area contributed by atoms with Crippen molar-refractivity contribution in [2.24, 2.45) is 5.92 Å². The minimum absolute atomic E-state index is 0.214. The molecule has 2 aromatic rings. The molecule has 20 heavy (non-hydrogen) atoms. The van der Waals surface area contributed by atoms with Crippen LogP contribution in [0.25, 0.3) is 10.9 Å². The number of benzene rings is 1. The van der Waals surface area contributed by atoms with Gasteiger partial charge in [0.2, 0.25) is 0 Å². The number of aromatic nitrogens is 1. The molecule has 1 aliphatic carbocycles. The number of aliphatic carboxylic acids is 1. The molecule has 0 aliphatic heterocycles. The van der Waals surface area contributed by atoms with E-state index < -0.39 is 5.97 Å². The Balaban J connectivity index is 1.81. The Hall–Kier alpha value is -2.10. The van der Waals surface area contributed by atoms with Crippen molar-refractivity contribution in [1.29, 1.82) is 0 Å². The van der Waals surface area contributed by atoms with Gasteiger partial charge >= 0.3 is 5.97 Å². The summed E-state index contributed by atoms with van der Waals surface area (Å²) < 4.78 is 0. The average molecular weight is 270 g/mol. The lowest BCUT2D eigenvalue weighted by Crippen LogP contribution is -2.31. The lowest BCUT2D eigenvalue weighted by atomic mass is 9.85. The maximum Gasteiger partial charge on any atom is 0.306 e. The number of hydrogen-bond donors (Lipinski definition) is 2. The summed E-state index contributed by atoms with van der Waals surface area (Å²) in [7, 11) is 0. The molecule has 1 fully saturated rings. The Bertz CT molecular complexity index is 621. The average Bonchev–Trinajstić information content (AvgIpc) is 2.48. The van der Waals surface area contributed by atoms with Crippen LogP contribution in [0, 0.1) is 5.92 Å². The molecule has 2 N–H and O–H groups in total. The van der Waals surface area contributed by atoms with Gasteiger partial charge in [0.25, 0.3) is 0 Å². The van der Waals surface area contributed by atoms with Gasteiger partial charge < -0.3 is 10.4 Å². The first-order chi connectivity index (χ1) is 9.74.